The average Bonchev–Trinajstić information content (AvgIpc) is 3.54. The fourth-order valence-corrected chi connectivity index (χ4v) is 5.87. The van der Waals surface area contributed by atoms with Gasteiger partial charge in [-0.05, 0) is 76.7 Å². The quantitative estimate of drug-likeness (QED) is 0.125. The topological polar surface area (TPSA) is 6.48 Å². The fraction of sp³-hybridized carbons (Fsp3) is 0. The molecule has 1 aliphatic carbocycles. The minimum Gasteiger partial charge on any atom is -0.310 e. The molecule has 0 aromatic heterocycles. The van der Waals surface area contributed by atoms with Gasteiger partial charge in [-0.25, -0.2) is 0 Å². The molecule has 0 spiro atoms. The van der Waals surface area contributed by atoms with Crippen LogP contribution in [0.1, 0.15) is 16.7 Å². The lowest BCUT2D eigenvalue weighted by molar-refractivity contribution is 1.29. The van der Waals surface area contributed by atoms with Gasteiger partial charge in [0.05, 0.1) is 11.4 Å². The molecule has 0 saturated heterocycles. The number of anilines is 4. The van der Waals surface area contributed by atoms with E-state index in [-0.39, 0.29) is 0 Å². The lowest BCUT2D eigenvalue weighted by atomic mass is 10.0. The van der Waals surface area contributed by atoms with Crippen LogP contribution in [0, 0.1) is 0 Å². The van der Waals surface area contributed by atoms with Gasteiger partial charge in [-0.3, -0.25) is 0 Å². The van der Waals surface area contributed by atoms with Crippen LogP contribution in [0.25, 0.3) is 28.1 Å². The van der Waals surface area contributed by atoms with Crippen molar-refractivity contribution in [3.63, 3.8) is 0 Å². The molecule has 214 valence electrons. The molecule has 45 heavy (non-hydrogen) atoms. The Morgan fingerprint density at radius 2 is 1.24 bits per heavy atom. The summed E-state index contributed by atoms with van der Waals surface area (Å²) in [6.45, 7) is 4.14. The molecule has 0 amide bonds. The number of hydrogen-bond donors (Lipinski definition) is 0. The second-order valence-corrected chi connectivity index (χ2v) is 10.8. The van der Waals surface area contributed by atoms with Gasteiger partial charge in [0.15, 0.2) is 0 Å². The van der Waals surface area contributed by atoms with Crippen LogP contribution >= 0.6 is 0 Å². The van der Waals surface area contributed by atoms with Gasteiger partial charge in [0.1, 0.15) is 0 Å². The highest BCUT2D eigenvalue weighted by Crippen LogP contribution is 2.39. The van der Waals surface area contributed by atoms with Gasteiger partial charge in [0.25, 0.3) is 0 Å². The van der Waals surface area contributed by atoms with Crippen molar-refractivity contribution in [3.8, 4) is 0 Å². The average molecular weight is 577 g/mol. The third-order valence-corrected chi connectivity index (χ3v) is 8.07. The van der Waals surface area contributed by atoms with Crippen LogP contribution in [0.2, 0.25) is 0 Å². The number of benzene rings is 6. The molecule has 0 saturated carbocycles. The third kappa shape index (κ3) is 5.67. The maximum Gasteiger partial charge on any atom is 0.0965 e. The number of allylic oxidation sites excluding steroid dienone is 4. The molecule has 6 aromatic rings. The summed E-state index contributed by atoms with van der Waals surface area (Å²) in [7, 11) is 0. The Kier molecular flexibility index (Phi) is 7.80. The van der Waals surface area contributed by atoms with Gasteiger partial charge in [-0.2, -0.15) is 0 Å². The van der Waals surface area contributed by atoms with Gasteiger partial charge >= 0.3 is 0 Å². The summed E-state index contributed by atoms with van der Waals surface area (Å²) in [5.74, 6) is 0. The van der Waals surface area contributed by atoms with E-state index >= 15 is 0 Å². The molecule has 0 aliphatic heterocycles. The second-order valence-electron chi connectivity index (χ2n) is 10.8. The third-order valence-electron chi connectivity index (χ3n) is 8.07. The molecule has 0 unspecified atom stereocenters. The first kappa shape index (κ1) is 27.7. The van der Waals surface area contributed by atoms with E-state index in [1.165, 1.54) is 21.9 Å². The first-order valence-electron chi connectivity index (χ1n) is 15.1. The maximum atomic E-state index is 4.14. The van der Waals surface area contributed by atoms with E-state index in [1.54, 1.807) is 0 Å². The summed E-state index contributed by atoms with van der Waals surface area (Å²) in [5, 5.41) is 2.43. The van der Waals surface area contributed by atoms with Crippen LogP contribution in [0.4, 0.5) is 22.7 Å². The molecule has 0 atom stereocenters. The minimum atomic E-state index is 1.03. The predicted molar refractivity (Wildman–Crippen MR) is 193 cm³/mol. The largest absolute Gasteiger partial charge is 0.310 e. The van der Waals surface area contributed by atoms with Crippen molar-refractivity contribution >= 4 is 50.9 Å². The van der Waals surface area contributed by atoms with E-state index in [4.69, 9.17) is 0 Å². The van der Waals surface area contributed by atoms with E-state index in [9.17, 15) is 0 Å². The minimum absolute atomic E-state index is 1.03. The summed E-state index contributed by atoms with van der Waals surface area (Å²) in [5.41, 5.74) is 13.4. The smallest absolute Gasteiger partial charge is 0.0965 e. The van der Waals surface area contributed by atoms with Crippen LogP contribution in [0.15, 0.2) is 188 Å². The van der Waals surface area contributed by atoms with Crippen molar-refractivity contribution in [2.24, 2.45) is 0 Å². The number of rotatable bonds is 9. The van der Waals surface area contributed by atoms with Crippen LogP contribution in [-0.4, -0.2) is 0 Å². The Labute approximate surface area is 265 Å². The Morgan fingerprint density at radius 3 is 2.02 bits per heavy atom. The molecular weight excluding hydrogens is 544 g/mol. The molecule has 1 aliphatic rings. The van der Waals surface area contributed by atoms with E-state index in [2.05, 4.69) is 192 Å². The van der Waals surface area contributed by atoms with Gasteiger partial charge in [0.2, 0.25) is 0 Å². The monoisotopic (exact) mass is 576 g/mol. The molecule has 2 nitrogen and oxygen atoms in total. The standard InChI is InChI=1S/C43H32N2/c1-2-33(18-14-32-44(37-19-5-3-6-20-37)42-31-28-36-16-10-11-23-40(36)42)34-26-29-39(30-27-34)45(38-21-7-4-8-22-38)43-25-13-17-35-15-9-12-24-41(35)43/h2-30,32H,1H2/b32-14+,33-18+. The maximum absolute atomic E-state index is 4.14. The summed E-state index contributed by atoms with van der Waals surface area (Å²) < 4.78 is 0. The zero-order valence-electron chi connectivity index (χ0n) is 24.9. The van der Waals surface area contributed by atoms with Crippen LogP contribution < -0.4 is 9.80 Å². The SMILES string of the molecule is C=C/C(=C\C=C\N(C1=C=Cc2ccccc21)c1ccccc1)c1ccc(N(c2ccccc2)c2cccc3ccccc23)cc1. The normalized spacial score (nSPS) is 12.3. The van der Waals surface area contributed by atoms with Gasteiger partial charge in [-0.1, -0.05) is 134 Å². The summed E-state index contributed by atoms with van der Waals surface area (Å²) in [6, 6.07) is 53.1. The second kappa shape index (κ2) is 12.7. The Balaban J connectivity index is 1.21. The van der Waals surface area contributed by atoms with Crippen molar-refractivity contribution in [1.29, 1.82) is 0 Å². The number of nitrogens with zero attached hydrogens (tertiary/aromatic N) is 2. The molecular formula is C43H32N2. The van der Waals surface area contributed by atoms with E-state index in [1.807, 2.05) is 12.1 Å². The zero-order valence-corrected chi connectivity index (χ0v) is 24.9. The highest BCUT2D eigenvalue weighted by Gasteiger charge is 2.17. The summed E-state index contributed by atoms with van der Waals surface area (Å²) in [4.78, 5) is 4.51. The fourth-order valence-electron chi connectivity index (χ4n) is 5.87. The van der Waals surface area contributed by atoms with Gasteiger partial charge in [-0.15, -0.1) is 0 Å². The van der Waals surface area contributed by atoms with Crippen molar-refractivity contribution in [2.75, 3.05) is 9.80 Å². The summed E-state index contributed by atoms with van der Waals surface area (Å²) >= 11 is 0. The van der Waals surface area contributed by atoms with Crippen molar-refractivity contribution in [1.82, 2.24) is 0 Å². The molecule has 0 heterocycles. The van der Waals surface area contributed by atoms with E-state index < -0.39 is 0 Å². The number of hydrogen-bond acceptors (Lipinski definition) is 2. The molecule has 0 N–H and O–H groups in total. The molecule has 0 bridgehead atoms. The van der Waals surface area contributed by atoms with E-state index in [0.717, 1.165) is 39.6 Å². The first-order valence-corrected chi connectivity index (χ1v) is 15.1. The Bertz CT molecular complexity index is 2090. The number of para-hydroxylation sites is 2. The van der Waals surface area contributed by atoms with Crippen molar-refractivity contribution in [2.45, 2.75) is 0 Å². The van der Waals surface area contributed by atoms with Crippen LogP contribution in [-0.2, 0) is 0 Å². The van der Waals surface area contributed by atoms with Crippen molar-refractivity contribution in [3.05, 3.63) is 205 Å². The number of fused-ring (bicyclic) bond motifs is 2. The van der Waals surface area contributed by atoms with Gasteiger partial charge in [0, 0.05) is 34.2 Å². The first-order chi connectivity index (χ1) is 22.3. The zero-order chi connectivity index (χ0) is 30.4. The van der Waals surface area contributed by atoms with Crippen LogP contribution in [0.3, 0.4) is 0 Å². The van der Waals surface area contributed by atoms with Gasteiger partial charge < -0.3 is 9.80 Å². The summed E-state index contributed by atoms with van der Waals surface area (Å²) in [6.07, 6.45) is 10.3. The highest BCUT2D eigenvalue weighted by molar-refractivity contribution is 5.99. The molecule has 2 heteroatoms. The lowest BCUT2D eigenvalue weighted by Crippen LogP contribution is -2.13. The van der Waals surface area contributed by atoms with Crippen molar-refractivity contribution < 1.29 is 0 Å². The van der Waals surface area contributed by atoms with Crippen LogP contribution in [0.5, 0.6) is 0 Å². The lowest BCUT2D eigenvalue weighted by Gasteiger charge is -2.27. The predicted octanol–water partition coefficient (Wildman–Crippen LogP) is 11.6. The Morgan fingerprint density at radius 1 is 0.600 bits per heavy atom. The molecule has 0 radical (unpaired) electrons. The molecule has 6 aromatic carbocycles. The Hall–Kier alpha value is -6.08. The molecule has 0 fully saturated rings. The van der Waals surface area contributed by atoms with E-state index in [0.29, 0.717) is 0 Å². The highest BCUT2D eigenvalue weighted by atomic mass is 15.1. The molecule has 7 rings (SSSR count).